The summed E-state index contributed by atoms with van der Waals surface area (Å²) in [6.07, 6.45) is 4.30. The summed E-state index contributed by atoms with van der Waals surface area (Å²) >= 11 is 0. The zero-order chi connectivity index (χ0) is 22.0. The number of carbonyl (C=O) groups excluding carboxylic acids is 3. The minimum atomic E-state index is -1.09. The number of amides is 3. The zero-order valence-electron chi connectivity index (χ0n) is 18.4. The van der Waals surface area contributed by atoms with E-state index < -0.39 is 5.60 Å². The molecule has 0 atom stereocenters. The maximum absolute atomic E-state index is 13.2. The highest BCUT2D eigenvalue weighted by molar-refractivity contribution is 6.07. The molecule has 0 radical (unpaired) electrons. The molecule has 2 fully saturated rings. The van der Waals surface area contributed by atoms with E-state index in [2.05, 4.69) is 0 Å². The summed E-state index contributed by atoms with van der Waals surface area (Å²) in [7, 11) is 0. The van der Waals surface area contributed by atoms with Crippen LogP contribution < -0.4 is 9.64 Å². The molecule has 0 aromatic heterocycles. The van der Waals surface area contributed by atoms with Crippen LogP contribution in [0.4, 0.5) is 5.69 Å². The molecule has 0 aliphatic carbocycles. The van der Waals surface area contributed by atoms with Gasteiger partial charge in [0.25, 0.3) is 11.8 Å². The quantitative estimate of drug-likeness (QED) is 0.735. The molecule has 3 aliphatic rings. The van der Waals surface area contributed by atoms with Crippen molar-refractivity contribution in [3.63, 3.8) is 0 Å². The van der Waals surface area contributed by atoms with Crippen LogP contribution in [0.2, 0.25) is 0 Å². The number of nitrogens with zero attached hydrogens (tertiary/aromatic N) is 3. The molecule has 3 heterocycles. The number of hydrogen-bond donors (Lipinski definition) is 0. The Hall–Kier alpha value is -2.61. The van der Waals surface area contributed by atoms with Crippen LogP contribution in [0.25, 0.3) is 0 Å². The Bertz CT molecular complexity index is 855. The number of carbonyl (C=O) groups is 3. The Balaban J connectivity index is 1.61. The molecular weight excluding hydrogens is 398 g/mol. The number of fused-ring (bicyclic) bond motifs is 1. The summed E-state index contributed by atoms with van der Waals surface area (Å²) < 4.78 is 11.3. The third kappa shape index (κ3) is 4.54. The molecule has 0 N–H and O–H groups in total. The number of ether oxygens (including phenoxy) is 2. The third-order valence-electron chi connectivity index (χ3n) is 6.17. The van der Waals surface area contributed by atoms with Crippen molar-refractivity contribution in [3.05, 3.63) is 23.8 Å². The molecular formula is C23H31N3O5. The largest absolute Gasteiger partial charge is 0.476 e. The summed E-state index contributed by atoms with van der Waals surface area (Å²) in [6.45, 7) is 6.83. The Kier molecular flexibility index (Phi) is 6.18. The third-order valence-corrected chi connectivity index (χ3v) is 6.17. The van der Waals surface area contributed by atoms with Crippen LogP contribution in [0.1, 0.15) is 49.9 Å². The van der Waals surface area contributed by atoms with Crippen molar-refractivity contribution < 1.29 is 23.9 Å². The highest BCUT2D eigenvalue weighted by Gasteiger charge is 2.42. The fraction of sp³-hybridized carbons (Fsp3) is 0.609. The lowest BCUT2D eigenvalue weighted by atomic mass is 10.0. The van der Waals surface area contributed by atoms with Crippen LogP contribution >= 0.6 is 0 Å². The van der Waals surface area contributed by atoms with E-state index >= 15 is 0 Å². The van der Waals surface area contributed by atoms with E-state index in [1.807, 2.05) is 4.90 Å². The second-order valence-corrected chi connectivity index (χ2v) is 8.89. The lowest BCUT2D eigenvalue weighted by molar-refractivity contribution is -0.138. The van der Waals surface area contributed by atoms with E-state index in [-0.39, 0.29) is 24.3 Å². The maximum atomic E-state index is 13.2. The van der Waals surface area contributed by atoms with Gasteiger partial charge in [0.05, 0.1) is 18.9 Å². The lowest BCUT2D eigenvalue weighted by Gasteiger charge is -2.39. The summed E-state index contributed by atoms with van der Waals surface area (Å²) in [5, 5.41) is 0. The fourth-order valence-electron chi connectivity index (χ4n) is 4.36. The Morgan fingerprint density at radius 3 is 2.32 bits per heavy atom. The summed E-state index contributed by atoms with van der Waals surface area (Å²) in [6, 6.07) is 5.18. The Labute approximate surface area is 183 Å². The first-order valence-corrected chi connectivity index (χ1v) is 11.2. The van der Waals surface area contributed by atoms with E-state index in [0.717, 1.165) is 38.8 Å². The van der Waals surface area contributed by atoms with Crippen molar-refractivity contribution >= 4 is 23.4 Å². The molecule has 168 valence electrons. The van der Waals surface area contributed by atoms with Gasteiger partial charge in [0.2, 0.25) is 5.91 Å². The standard InChI is InChI=1S/C23H31N3O5/c1-23(2)22(29)26(16-20(27)24-11-13-30-14-12-24)18-15-17(7-8-19(18)31-23)21(28)25-9-5-3-4-6-10-25/h7-8,15H,3-6,9-14,16H2,1-2H3. The molecule has 8 nitrogen and oxygen atoms in total. The minimum Gasteiger partial charge on any atom is -0.476 e. The van der Waals surface area contributed by atoms with Crippen molar-refractivity contribution in [2.24, 2.45) is 0 Å². The normalized spacial score (nSPS) is 21.2. The average Bonchev–Trinajstić information content (AvgIpc) is 3.06. The number of morpholine rings is 1. The number of hydrogen-bond acceptors (Lipinski definition) is 5. The number of benzene rings is 1. The van der Waals surface area contributed by atoms with Crippen LogP contribution in [0.5, 0.6) is 5.75 Å². The van der Waals surface area contributed by atoms with Gasteiger partial charge in [0.1, 0.15) is 12.3 Å². The van der Waals surface area contributed by atoms with Gasteiger partial charge in [0, 0.05) is 31.7 Å². The molecule has 3 amide bonds. The highest BCUT2D eigenvalue weighted by atomic mass is 16.5. The number of likely N-dealkylation sites (tertiary alicyclic amines) is 1. The SMILES string of the molecule is CC1(C)Oc2ccc(C(=O)N3CCCCCC3)cc2N(CC(=O)N2CCOCC2)C1=O. The summed E-state index contributed by atoms with van der Waals surface area (Å²) in [5.74, 6) is 0.0405. The van der Waals surface area contributed by atoms with Crippen molar-refractivity contribution in [2.45, 2.75) is 45.1 Å². The van der Waals surface area contributed by atoms with Crippen LogP contribution in [0, 0.1) is 0 Å². The topological polar surface area (TPSA) is 79.4 Å². The summed E-state index contributed by atoms with van der Waals surface area (Å²) in [4.78, 5) is 44.2. The monoisotopic (exact) mass is 429 g/mol. The van der Waals surface area contributed by atoms with Gasteiger partial charge in [-0.1, -0.05) is 12.8 Å². The second kappa shape index (κ2) is 8.86. The Morgan fingerprint density at radius 2 is 1.65 bits per heavy atom. The predicted octanol–water partition coefficient (Wildman–Crippen LogP) is 2.07. The van der Waals surface area contributed by atoms with E-state index in [9.17, 15) is 14.4 Å². The smallest absolute Gasteiger partial charge is 0.271 e. The van der Waals surface area contributed by atoms with Gasteiger partial charge in [-0.25, -0.2) is 0 Å². The molecule has 1 aromatic carbocycles. The van der Waals surface area contributed by atoms with Gasteiger partial charge in [-0.3, -0.25) is 19.3 Å². The van der Waals surface area contributed by atoms with Gasteiger partial charge in [-0.15, -0.1) is 0 Å². The minimum absolute atomic E-state index is 0.0403. The van der Waals surface area contributed by atoms with Crippen molar-refractivity contribution in [1.82, 2.24) is 9.80 Å². The predicted molar refractivity (Wildman–Crippen MR) is 115 cm³/mol. The number of anilines is 1. The molecule has 1 aromatic rings. The van der Waals surface area contributed by atoms with E-state index in [0.29, 0.717) is 43.3 Å². The van der Waals surface area contributed by atoms with E-state index in [1.54, 1.807) is 36.9 Å². The first kappa shape index (κ1) is 21.6. The number of rotatable bonds is 3. The van der Waals surface area contributed by atoms with Crippen molar-refractivity contribution in [2.75, 3.05) is 50.8 Å². The van der Waals surface area contributed by atoms with Gasteiger partial charge < -0.3 is 19.3 Å². The molecule has 8 heteroatoms. The van der Waals surface area contributed by atoms with Crippen molar-refractivity contribution in [1.29, 1.82) is 0 Å². The molecule has 2 saturated heterocycles. The molecule has 31 heavy (non-hydrogen) atoms. The second-order valence-electron chi connectivity index (χ2n) is 8.89. The van der Waals surface area contributed by atoms with E-state index in [1.165, 1.54) is 4.90 Å². The zero-order valence-corrected chi connectivity index (χ0v) is 18.4. The highest BCUT2D eigenvalue weighted by Crippen LogP contribution is 2.38. The van der Waals surface area contributed by atoms with Crippen LogP contribution in [-0.4, -0.2) is 79.1 Å². The fourth-order valence-corrected chi connectivity index (χ4v) is 4.36. The molecule has 0 spiro atoms. The molecule has 3 aliphatic heterocycles. The molecule has 4 rings (SSSR count). The van der Waals surface area contributed by atoms with Crippen LogP contribution in [0.3, 0.4) is 0 Å². The van der Waals surface area contributed by atoms with Gasteiger partial charge in [-0.05, 0) is 44.9 Å². The summed E-state index contributed by atoms with van der Waals surface area (Å²) in [5.41, 5.74) is -0.0959. The van der Waals surface area contributed by atoms with Crippen LogP contribution in [0.15, 0.2) is 18.2 Å². The maximum Gasteiger partial charge on any atom is 0.271 e. The van der Waals surface area contributed by atoms with Crippen LogP contribution in [-0.2, 0) is 14.3 Å². The van der Waals surface area contributed by atoms with Gasteiger partial charge in [-0.2, -0.15) is 0 Å². The van der Waals surface area contributed by atoms with Gasteiger partial charge in [0.15, 0.2) is 5.60 Å². The first-order valence-electron chi connectivity index (χ1n) is 11.2. The molecule has 0 saturated carbocycles. The van der Waals surface area contributed by atoms with E-state index in [4.69, 9.17) is 9.47 Å². The first-order chi connectivity index (χ1) is 14.9. The molecule has 0 bridgehead atoms. The van der Waals surface area contributed by atoms with Crippen molar-refractivity contribution in [3.8, 4) is 5.75 Å². The lowest BCUT2D eigenvalue weighted by Crippen LogP contribution is -2.56. The van der Waals surface area contributed by atoms with Gasteiger partial charge >= 0.3 is 0 Å². The average molecular weight is 430 g/mol. The Morgan fingerprint density at radius 1 is 0.968 bits per heavy atom. The molecule has 0 unspecified atom stereocenters.